The van der Waals surface area contributed by atoms with Crippen LogP contribution in [0, 0.1) is 0 Å². The molecule has 2 rings (SSSR count). The van der Waals surface area contributed by atoms with Crippen molar-refractivity contribution in [3.8, 4) is 11.5 Å². The summed E-state index contributed by atoms with van der Waals surface area (Å²) in [7, 11) is 7.22. The maximum absolute atomic E-state index is 5.45. The lowest BCUT2D eigenvalue weighted by Crippen LogP contribution is -2.19. The van der Waals surface area contributed by atoms with Crippen LogP contribution in [0.5, 0.6) is 11.5 Å². The molecule has 2 aromatic rings. The fraction of sp³-hybridized carbons (Fsp3) is 0.400. The lowest BCUT2D eigenvalue weighted by molar-refractivity contribution is 0.391. The van der Waals surface area contributed by atoms with Crippen molar-refractivity contribution in [1.82, 2.24) is 15.1 Å². The zero-order chi connectivity index (χ0) is 14.5. The molecule has 0 amide bonds. The molecule has 0 radical (unpaired) electrons. The second-order valence-corrected chi connectivity index (χ2v) is 4.68. The first-order valence-electron chi connectivity index (χ1n) is 6.54. The number of aryl methyl sites for hydroxylation is 1. The molecule has 1 heterocycles. The number of rotatable bonds is 6. The molecule has 0 fully saturated rings. The van der Waals surface area contributed by atoms with E-state index in [2.05, 4.69) is 10.4 Å². The molecule has 5 nitrogen and oxygen atoms in total. The van der Waals surface area contributed by atoms with Gasteiger partial charge in [0.25, 0.3) is 0 Å². The van der Waals surface area contributed by atoms with Gasteiger partial charge in [0.2, 0.25) is 0 Å². The molecule has 20 heavy (non-hydrogen) atoms. The first kappa shape index (κ1) is 14.4. The third-order valence-electron chi connectivity index (χ3n) is 3.36. The molecule has 0 aliphatic heterocycles. The van der Waals surface area contributed by atoms with Crippen LogP contribution in [0.15, 0.2) is 30.6 Å². The fourth-order valence-corrected chi connectivity index (χ4v) is 2.29. The van der Waals surface area contributed by atoms with Gasteiger partial charge in [-0.05, 0) is 37.2 Å². The van der Waals surface area contributed by atoms with Crippen molar-refractivity contribution in [2.45, 2.75) is 12.5 Å². The number of aromatic nitrogens is 2. The Balaban J connectivity index is 2.30. The molecule has 0 bridgehead atoms. The fourth-order valence-electron chi connectivity index (χ4n) is 2.29. The molecule has 1 aromatic carbocycles. The topological polar surface area (TPSA) is 48.3 Å². The van der Waals surface area contributed by atoms with Gasteiger partial charge >= 0.3 is 0 Å². The predicted octanol–water partition coefficient (Wildman–Crippen LogP) is 1.94. The van der Waals surface area contributed by atoms with Gasteiger partial charge in [0.05, 0.1) is 20.4 Å². The Hall–Kier alpha value is -2.01. The number of benzene rings is 1. The highest BCUT2D eigenvalue weighted by Gasteiger charge is 2.16. The van der Waals surface area contributed by atoms with Gasteiger partial charge in [0.1, 0.15) is 11.5 Å². The molecule has 0 saturated heterocycles. The second kappa shape index (κ2) is 6.43. The lowest BCUT2D eigenvalue weighted by Gasteiger charge is -2.19. The van der Waals surface area contributed by atoms with Crippen LogP contribution in [0.4, 0.5) is 0 Å². The van der Waals surface area contributed by atoms with Crippen LogP contribution in [0.3, 0.4) is 0 Å². The van der Waals surface area contributed by atoms with Crippen molar-refractivity contribution >= 4 is 0 Å². The lowest BCUT2D eigenvalue weighted by atomic mass is 9.99. The maximum atomic E-state index is 5.45. The highest BCUT2D eigenvalue weighted by Crippen LogP contribution is 2.31. The van der Waals surface area contributed by atoms with Crippen LogP contribution in [-0.2, 0) is 13.5 Å². The predicted molar refractivity (Wildman–Crippen MR) is 78.3 cm³/mol. The highest BCUT2D eigenvalue weighted by molar-refractivity contribution is 5.42. The quantitative estimate of drug-likeness (QED) is 0.875. The Morgan fingerprint density at radius 1 is 1.30 bits per heavy atom. The van der Waals surface area contributed by atoms with Gasteiger partial charge in [-0.2, -0.15) is 5.10 Å². The molecule has 1 atom stereocenters. The van der Waals surface area contributed by atoms with E-state index in [1.165, 1.54) is 5.56 Å². The van der Waals surface area contributed by atoms with Crippen molar-refractivity contribution in [3.63, 3.8) is 0 Å². The van der Waals surface area contributed by atoms with Crippen LogP contribution < -0.4 is 14.8 Å². The molecule has 0 aliphatic rings. The Bertz CT molecular complexity index is 566. The molecule has 108 valence electrons. The molecule has 1 unspecified atom stereocenters. The van der Waals surface area contributed by atoms with Gasteiger partial charge in [0, 0.05) is 24.8 Å². The average Bonchev–Trinajstić information content (AvgIpc) is 2.89. The summed E-state index contributed by atoms with van der Waals surface area (Å²) < 4.78 is 12.6. The van der Waals surface area contributed by atoms with Crippen LogP contribution in [-0.4, -0.2) is 31.0 Å². The first-order valence-corrected chi connectivity index (χ1v) is 6.54. The molecular weight excluding hydrogens is 254 g/mol. The second-order valence-electron chi connectivity index (χ2n) is 4.68. The first-order chi connectivity index (χ1) is 9.67. The van der Waals surface area contributed by atoms with E-state index in [1.54, 1.807) is 14.2 Å². The number of ether oxygens (including phenoxy) is 2. The number of hydrogen-bond donors (Lipinski definition) is 1. The Labute approximate surface area is 119 Å². The Morgan fingerprint density at radius 3 is 2.65 bits per heavy atom. The Morgan fingerprint density at radius 2 is 2.10 bits per heavy atom. The van der Waals surface area contributed by atoms with Gasteiger partial charge in [-0.25, -0.2) is 0 Å². The number of hydrogen-bond acceptors (Lipinski definition) is 4. The molecule has 1 aromatic heterocycles. The van der Waals surface area contributed by atoms with Crippen LogP contribution in [0.2, 0.25) is 0 Å². The average molecular weight is 275 g/mol. The van der Waals surface area contributed by atoms with Gasteiger partial charge in [0.15, 0.2) is 0 Å². The van der Waals surface area contributed by atoms with Crippen molar-refractivity contribution in [2.24, 2.45) is 7.05 Å². The van der Waals surface area contributed by atoms with Gasteiger partial charge < -0.3 is 14.8 Å². The number of likely N-dealkylation sites (N-methyl/N-ethyl adjacent to an activating group) is 1. The monoisotopic (exact) mass is 275 g/mol. The standard InChI is InChI=1S/C15H21N3O2/c1-16-14(7-11-9-17-18(2)10-11)13-8-12(19-3)5-6-15(13)20-4/h5-6,8-10,14,16H,7H2,1-4H3. The van der Waals surface area contributed by atoms with E-state index in [1.807, 2.05) is 49.4 Å². The van der Waals surface area contributed by atoms with E-state index in [0.29, 0.717) is 0 Å². The molecule has 1 N–H and O–H groups in total. The minimum atomic E-state index is 0.143. The van der Waals surface area contributed by atoms with Gasteiger partial charge in [-0.1, -0.05) is 0 Å². The van der Waals surface area contributed by atoms with E-state index < -0.39 is 0 Å². The normalized spacial score (nSPS) is 12.2. The van der Waals surface area contributed by atoms with Gasteiger partial charge in [-0.3, -0.25) is 4.68 Å². The molecule has 0 spiro atoms. The van der Waals surface area contributed by atoms with E-state index in [0.717, 1.165) is 23.5 Å². The van der Waals surface area contributed by atoms with Crippen molar-refractivity contribution in [1.29, 1.82) is 0 Å². The van der Waals surface area contributed by atoms with Gasteiger partial charge in [-0.15, -0.1) is 0 Å². The number of methoxy groups -OCH3 is 2. The van der Waals surface area contributed by atoms with E-state index in [9.17, 15) is 0 Å². The molecule has 0 saturated carbocycles. The van der Waals surface area contributed by atoms with E-state index >= 15 is 0 Å². The summed E-state index contributed by atoms with van der Waals surface area (Å²) in [5.41, 5.74) is 2.26. The van der Waals surface area contributed by atoms with E-state index in [-0.39, 0.29) is 6.04 Å². The smallest absolute Gasteiger partial charge is 0.123 e. The SMILES string of the molecule is CNC(Cc1cnn(C)c1)c1cc(OC)ccc1OC. The third kappa shape index (κ3) is 3.11. The molecule has 0 aliphatic carbocycles. The Kier molecular flexibility index (Phi) is 4.63. The van der Waals surface area contributed by atoms with Crippen molar-refractivity contribution in [3.05, 3.63) is 41.7 Å². The summed E-state index contributed by atoms with van der Waals surface area (Å²) in [6, 6.07) is 5.99. The number of nitrogens with one attached hydrogen (secondary N) is 1. The third-order valence-corrected chi connectivity index (χ3v) is 3.36. The van der Waals surface area contributed by atoms with Crippen molar-refractivity contribution in [2.75, 3.05) is 21.3 Å². The largest absolute Gasteiger partial charge is 0.497 e. The summed E-state index contributed by atoms with van der Waals surface area (Å²) in [4.78, 5) is 0. The molecule has 5 heteroatoms. The highest BCUT2D eigenvalue weighted by atomic mass is 16.5. The zero-order valence-electron chi connectivity index (χ0n) is 12.4. The summed E-state index contributed by atoms with van der Waals surface area (Å²) in [6.45, 7) is 0. The zero-order valence-corrected chi connectivity index (χ0v) is 12.4. The number of nitrogens with zero attached hydrogens (tertiary/aromatic N) is 2. The van der Waals surface area contributed by atoms with Crippen LogP contribution in [0.1, 0.15) is 17.2 Å². The minimum absolute atomic E-state index is 0.143. The summed E-state index contributed by atoms with van der Waals surface area (Å²) in [5.74, 6) is 1.68. The minimum Gasteiger partial charge on any atom is -0.497 e. The summed E-state index contributed by atoms with van der Waals surface area (Å²) in [5, 5.41) is 7.54. The van der Waals surface area contributed by atoms with E-state index in [4.69, 9.17) is 9.47 Å². The maximum Gasteiger partial charge on any atom is 0.123 e. The van der Waals surface area contributed by atoms with Crippen LogP contribution >= 0.6 is 0 Å². The summed E-state index contributed by atoms with van der Waals surface area (Å²) in [6.07, 6.45) is 4.75. The summed E-state index contributed by atoms with van der Waals surface area (Å²) >= 11 is 0. The molecular formula is C15H21N3O2. The van der Waals surface area contributed by atoms with Crippen LogP contribution in [0.25, 0.3) is 0 Å². The van der Waals surface area contributed by atoms with Crippen molar-refractivity contribution < 1.29 is 9.47 Å².